The summed E-state index contributed by atoms with van der Waals surface area (Å²) in [7, 11) is -3.60. The summed E-state index contributed by atoms with van der Waals surface area (Å²) >= 11 is 0. The van der Waals surface area contributed by atoms with Gasteiger partial charge in [0.1, 0.15) is 0 Å². The molecule has 0 radical (unpaired) electrons. The van der Waals surface area contributed by atoms with Crippen LogP contribution in [0.2, 0.25) is 0 Å². The lowest BCUT2D eigenvalue weighted by molar-refractivity contribution is -0.917. The second-order valence-electron chi connectivity index (χ2n) is 7.25. The van der Waals surface area contributed by atoms with E-state index in [4.69, 9.17) is 0 Å². The van der Waals surface area contributed by atoms with Gasteiger partial charge in [0.15, 0.2) is 23.5 Å². The Bertz CT molecular complexity index is 1070. The Hall–Kier alpha value is -2.69. The van der Waals surface area contributed by atoms with Gasteiger partial charge in [0.2, 0.25) is 10.0 Å². The number of hydrogen-bond donors (Lipinski definition) is 2. The monoisotopic (exact) mass is 454 g/mol. The molecule has 1 aliphatic rings. The molecule has 1 fully saturated rings. The molecule has 0 spiro atoms. The Morgan fingerprint density at radius 2 is 1.71 bits per heavy atom. The Kier molecular flexibility index (Phi) is 7.14. The number of piperazine rings is 1. The fourth-order valence-electron chi connectivity index (χ4n) is 3.32. The molecule has 2 N–H and O–H groups in total. The van der Waals surface area contributed by atoms with Crippen LogP contribution >= 0.6 is 0 Å². The highest BCUT2D eigenvalue weighted by molar-refractivity contribution is 7.92. The van der Waals surface area contributed by atoms with Crippen LogP contribution in [-0.4, -0.2) is 50.9 Å². The van der Waals surface area contributed by atoms with E-state index in [1.165, 1.54) is 10.4 Å². The van der Waals surface area contributed by atoms with Gasteiger partial charge in [-0.3, -0.25) is 4.79 Å². The Balaban J connectivity index is 1.58. The molecule has 0 bridgehead atoms. The van der Waals surface area contributed by atoms with Crippen molar-refractivity contribution in [2.45, 2.75) is 13.0 Å². The first-order chi connectivity index (χ1) is 14.7. The van der Waals surface area contributed by atoms with E-state index >= 15 is 0 Å². The van der Waals surface area contributed by atoms with Crippen LogP contribution in [0.3, 0.4) is 0 Å². The van der Waals surface area contributed by atoms with E-state index in [0.717, 1.165) is 28.0 Å². The van der Waals surface area contributed by atoms with Gasteiger partial charge in [-0.2, -0.15) is 4.31 Å². The number of nitrogens with zero attached hydrogens (tertiary/aromatic N) is 1. The molecule has 1 atom stereocenters. The molecular formula is C21H23F3N3O3S+. The highest BCUT2D eigenvalue weighted by atomic mass is 32.2. The molecule has 1 saturated heterocycles. The van der Waals surface area contributed by atoms with E-state index < -0.39 is 45.1 Å². The summed E-state index contributed by atoms with van der Waals surface area (Å²) < 4.78 is 66.6. The van der Waals surface area contributed by atoms with Gasteiger partial charge >= 0.3 is 0 Å². The third-order valence-corrected chi connectivity index (χ3v) is 6.82. The zero-order chi connectivity index (χ0) is 22.6. The second kappa shape index (κ2) is 9.63. The van der Waals surface area contributed by atoms with E-state index in [1.54, 1.807) is 19.1 Å². The lowest BCUT2D eigenvalue weighted by Crippen LogP contribution is -3.19. The minimum absolute atomic E-state index is 0.216. The number of sulfonamides is 1. The van der Waals surface area contributed by atoms with E-state index in [9.17, 15) is 26.4 Å². The van der Waals surface area contributed by atoms with Crippen molar-refractivity contribution in [3.63, 3.8) is 0 Å². The van der Waals surface area contributed by atoms with Crippen molar-refractivity contribution in [2.24, 2.45) is 0 Å². The van der Waals surface area contributed by atoms with Crippen molar-refractivity contribution in [2.75, 3.05) is 31.5 Å². The van der Waals surface area contributed by atoms with Crippen molar-refractivity contribution in [3.05, 3.63) is 70.9 Å². The molecule has 3 rings (SSSR count). The van der Waals surface area contributed by atoms with Gasteiger partial charge in [-0.1, -0.05) is 30.3 Å². The zero-order valence-electron chi connectivity index (χ0n) is 16.8. The summed E-state index contributed by atoms with van der Waals surface area (Å²) in [5.74, 6) is -5.02. The molecule has 2 aromatic carbocycles. The Morgan fingerprint density at radius 1 is 1.06 bits per heavy atom. The summed E-state index contributed by atoms with van der Waals surface area (Å²) in [5.41, 5.74) is 0.326. The Morgan fingerprint density at radius 3 is 2.35 bits per heavy atom. The molecule has 1 heterocycles. The van der Waals surface area contributed by atoms with Gasteiger partial charge in [-0.05, 0) is 30.7 Å². The SMILES string of the molecule is C[C@@H](C(=O)Nc1ccc(F)c(F)c1F)[NH+]1CCN(S(=O)(=O)/C=C/c2ccccc2)CC1. The van der Waals surface area contributed by atoms with Gasteiger partial charge in [-0.25, -0.2) is 21.6 Å². The predicted molar refractivity (Wildman–Crippen MR) is 111 cm³/mol. The molecule has 0 saturated carbocycles. The van der Waals surface area contributed by atoms with E-state index in [-0.39, 0.29) is 13.1 Å². The number of carbonyl (C=O) groups excluding carboxylic acids is 1. The van der Waals surface area contributed by atoms with Crippen molar-refractivity contribution in [1.82, 2.24) is 4.31 Å². The first-order valence-corrected chi connectivity index (χ1v) is 11.2. The van der Waals surface area contributed by atoms with Crippen LogP contribution in [0.15, 0.2) is 47.9 Å². The lowest BCUT2D eigenvalue weighted by atomic mass is 10.2. The maximum absolute atomic E-state index is 13.8. The highest BCUT2D eigenvalue weighted by Gasteiger charge is 2.33. The number of benzene rings is 2. The molecule has 1 amide bonds. The van der Waals surface area contributed by atoms with Crippen molar-refractivity contribution in [3.8, 4) is 0 Å². The molecule has 2 aromatic rings. The molecule has 6 nitrogen and oxygen atoms in total. The number of carbonyl (C=O) groups is 1. The third kappa shape index (κ3) is 5.52. The van der Waals surface area contributed by atoms with Gasteiger partial charge in [-0.15, -0.1) is 0 Å². The predicted octanol–water partition coefficient (Wildman–Crippen LogP) is 1.63. The minimum atomic E-state index is -3.60. The normalized spacial score (nSPS) is 17.0. The smallest absolute Gasteiger partial charge is 0.282 e. The van der Waals surface area contributed by atoms with Crippen LogP contribution in [0.5, 0.6) is 0 Å². The number of hydrogen-bond acceptors (Lipinski definition) is 3. The standard InChI is InChI=1S/C21H22F3N3O3S/c1-15(21(28)25-18-8-7-17(22)19(23)20(18)24)26-10-12-27(13-11-26)31(29,30)14-9-16-5-3-2-4-6-16/h2-9,14-15H,10-13H2,1H3,(H,25,28)/p+1/b14-9+/t15-/m0/s1. The summed E-state index contributed by atoms with van der Waals surface area (Å²) in [4.78, 5) is 13.2. The maximum atomic E-state index is 13.8. The molecule has 166 valence electrons. The van der Waals surface area contributed by atoms with Crippen LogP contribution < -0.4 is 10.2 Å². The number of anilines is 1. The first kappa shape index (κ1) is 23.0. The highest BCUT2D eigenvalue weighted by Crippen LogP contribution is 2.19. The van der Waals surface area contributed by atoms with Gasteiger partial charge < -0.3 is 10.2 Å². The molecule has 31 heavy (non-hydrogen) atoms. The van der Waals surface area contributed by atoms with E-state index in [0.29, 0.717) is 13.1 Å². The van der Waals surface area contributed by atoms with Crippen molar-refractivity contribution < 1.29 is 31.3 Å². The molecule has 0 aliphatic carbocycles. The van der Waals surface area contributed by atoms with E-state index in [2.05, 4.69) is 5.32 Å². The molecular weight excluding hydrogens is 431 g/mol. The van der Waals surface area contributed by atoms with Crippen LogP contribution in [-0.2, 0) is 14.8 Å². The van der Waals surface area contributed by atoms with Crippen LogP contribution in [0.1, 0.15) is 12.5 Å². The van der Waals surface area contributed by atoms with Crippen molar-refractivity contribution in [1.29, 1.82) is 0 Å². The average Bonchev–Trinajstić information content (AvgIpc) is 2.78. The topological polar surface area (TPSA) is 70.9 Å². The van der Waals surface area contributed by atoms with Crippen molar-refractivity contribution >= 4 is 27.7 Å². The summed E-state index contributed by atoms with van der Waals surface area (Å²) in [6.07, 6.45) is 1.53. The summed E-state index contributed by atoms with van der Waals surface area (Å²) in [5, 5.41) is 3.43. The third-order valence-electron chi connectivity index (χ3n) is 5.26. The van der Waals surface area contributed by atoms with Crippen LogP contribution in [0.25, 0.3) is 6.08 Å². The number of halogens is 3. The summed E-state index contributed by atoms with van der Waals surface area (Å²) in [6, 6.07) is 10.1. The first-order valence-electron chi connectivity index (χ1n) is 9.71. The summed E-state index contributed by atoms with van der Waals surface area (Å²) in [6.45, 7) is 2.78. The molecule has 10 heteroatoms. The number of amides is 1. The maximum Gasteiger partial charge on any atom is 0.282 e. The average molecular weight is 454 g/mol. The van der Waals surface area contributed by atoms with Crippen LogP contribution in [0, 0.1) is 17.5 Å². The number of nitrogens with one attached hydrogen (secondary N) is 2. The van der Waals surface area contributed by atoms with Gasteiger partial charge in [0.25, 0.3) is 5.91 Å². The van der Waals surface area contributed by atoms with Crippen LogP contribution in [0.4, 0.5) is 18.9 Å². The zero-order valence-corrected chi connectivity index (χ0v) is 17.6. The van der Waals surface area contributed by atoms with Gasteiger partial charge in [0.05, 0.1) is 31.9 Å². The molecule has 1 aliphatic heterocycles. The fourth-order valence-corrected chi connectivity index (χ4v) is 4.52. The number of quaternary nitrogens is 1. The Labute approximate surface area is 179 Å². The van der Waals surface area contributed by atoms with E-state index in [1.807, 2.05) is 18.2 Å². The molecule has 0 aromatic heterocycles. The molecule has 0 unspecified atom stereocenters. The quantitative estimate of drug-likeness (QED) is 0.652. The fraction of sp³-hybridized carbons (Fsp3) is 0.286. The van der Waals surface area contributed by atoms with Gasteiger partial charge in [0, 0.05) is 5.41 Å². The second-order valence-corrected chi connectivity index (χ2v) is 9.07. The largest absolute Gasteiger partial charge is 0.323 e. The lowest BCUT2D eigenvalue weighted by Gasteiger charge is -2.33. The number of rotatable bonds is 6. The minimum Gasteiger partial charge on any atom is -0.323 e.